The molecule has 2 N–H and O–H groups in total. The van der Waals surface area contributed by atoms with E-state index in [1.165, 1.54) is 0 Å². The molecular weight excluding hydrogens is 292 g/mol. The van der Waals surface area contributed by atoms with Gasteiger partial charge >= 0.3 is 0 Å². The summed E-state index contributed by atoms with van der Waals surface area (Å²) in [6.07, 6.45) is 1.11. The van der Waals surface area contributed by atoms with Gasteiger partial charge in [-0.25, -0.2) is 0 Å². The van der Waals surface area contributed by atoms with Crippen molar-refractivity contribution in [2.45, 2.75) is 37.3 Å². The Morgan fingerprint density at radius 3 is 2.55 bits per heavy atom. The smallest absolute Gasteiger partial charge is 0.252 e. The molecule has 3 nitrogen and oxygen atoms in total. The van der Waals surface area contributed by atoms with E-state index in [0.29, 0.717) is 11.8 Å². The number of hydrogen-bond acceptors (Lipinski definition) is 3. The van der Waals surface area contributed by atoms with Crippen molar-refractivity contribution in [1.29, 1.82) is 0 Å². The van der Waals surface area contributed by atoms with E-state index >= 15 is 0 Å². The van der Waals surface area contributed by atoms with Crippen LogP contribution < -0.4 is 10.6 Å². The highest BCUT2D eigenvalue weighted by Crippen LogP contribution is 2.26. The van der Waals surface area contributed by atoms with Crippen LogP contribution in [0.4, 0.5) is 0 Å². The first-order chi connectivity index (χ1) is 9.15. The summed E-state index contributed by atoms with van der Waals surface area (Å²) in [5.41, 5.74) is 0.775. The van der Waals surface area contributed by atoms with Crippen LogP contribution in [0, 0.1) is 0 Å². The van der Waals surface area contributed by atoms with Crippen molar-refractivity contribution in [3.63, 3.8) is 0 Å². The Hall–Kier alpha value is -0.710. The molecule has 114 valence electrons. The molecule has 0 saturated heterocycles. The van der Waals surface area contributed by atoms with Crippen molar-refractivity contribution >= 4 is 30.1 Å². The SMILES string of the molecule is CCCNCCNC(=O)c1ccccc1SC(C)C.Cl. The quantitative estimate of drug-likeness (QED) is 0.571. The highest BCUT2D eigenvalue weighted by molar-refractivity contribution is 8.00. The molecule has 0 radical (unpaired) electrons. The summed E-state index contributed by atoms with van der Waals surface area (Å²) >= 11 is 1.72. The van der Waals surface area contributed by atoms with Crippen LogP contribution in [0.5, 0.6) is 0 Å². The number of carbonyl (C=O) groups is 1. The zero-order chi connectivity index (χ0) is 14.1. The normalized spacial score (nSPS) is 10.2. The Morgan fingerprint density at radius 1 is 1.20 bits per heavy atom. The second-order valence-electron chi connectivity index (χ2n) is 4.67. The summed E-state index contributed by atoms with van der Waals surface area (Å²) < 4.78 is 0. The van der Waals surface area contributed by atoms with Gasteiger partial charge < -0.3 is 10.6 Å². The van der Waals surface area contributed by atoms with Gasteiger partial charge in [-0.05, 0) is 25.1 Å². The lowest BCUT2D eigenvalue weighted by molar-refractivity contribution is 0.0951. The van der Waals surface area contributed by atoms with E-state index in [9.17, 15) is 4.79 Å². The minimum absolute atomic E-state index is 0. The van der Waals surface area contributed by atoms with E-state index in [1.807, 2.05) is 24.3 Å². The summed E-state index contributed by atoms with van der Waals surface area (Å²) in [4.78, 5) is 13.2. The zero-order valence-corrected chi connectivity index (χ0v) is 14.1. The van der Waals surface area contributed by atoms with Gasteiger partial charge in [0, 0.05) is 23.2 Å². The van der Waals surface area contributed by atoms with Crippen LogP contribution in [-0.4, -0.2) is 30.8 Å². The summed E-state index contributed by atoms with van der Waals surface area (Å²) in [7, 11) is 0. The van der Waals surface area contributed by atoms with Gasteiger partial charge in [0.15, 0.2) is 0 Å². The van der Waals surface area contributed by atoms with Crippen molar-refractivity contribution in [3.8, 4) is 0 Å². The van der Waals surface area contributed by atoms with Gasteiger partial charge in [-0.15, -0.1) is 24.2 Å². The molecule has 0 heterocycles. The van der Waals surface area contributed by atoms with Crippen LogP contribution in [0.25, 0.3) is 0 Å². The van der Waals surface area contributed by atoms with E-state index in [-0.39, 0.29) is 18.3 Å². The van der Waals surface area contributed by atoms with Crippen LogP contribution in [0.2, 0.25) is 0 Å². The maximum Gasteiger partial charge on any atom is 0.252 e. The Balaban J connectivity index is 0.00000361. The Labute approximate surface area is 132 Å². The molecular formula is C15H25ClN2OS. The van der Waals surface area contributed by atoms with Gasteiger partial charge in [0.1, 0.15) is 0 Å². The van der Waals surface area contributed by atoms with Crippen LogP contribution in [0.3, 0.4) is 0 Å². The van der Waals surface area contributed by atoms with Gasteiger partial charge in [0.2, 0.25) is 0 Å². The summed E-state index contributed by atoms with van der Waals surface area (Å²) in [5, 5.41) is 6.70. The van der Waals surface area contributed by atoms with Crippen molar-refractivity contribution in [2.24, 2.45) is 0 Å². The second kappa shape index (κ2) is 11.0. The molecule has 1 amide bonds. The third-order valence-electron chi connectivity index (χ3n) is 2.51. The molecule has 0 atom stereocenters. The summed E-state index contributed by atoms with van der Waals surface area (Å²) in [5.74, 6) is 0.0158. The van der Waals surface area contributed by atoms with Gasteiger partial charge in [-0.1, -0.05) is 32.9 Å². The van der Waals surface area contributed by atoms with Gasteiger partial charge in [-0.3, -0.25) is 4.79 Å². The van der Waals surface area contributed by atoms with Crippen molar-refractivity contribution < 1.29 is 4.79 Å². The molecule has 5 heteroatoms. The lowest BCUT2D eigenvalue weighted by Crippen LogP contribution is -2.32. The molecule has 0 aliphatic heterocycles. The highest BCUT2D eigenvalue weighted by Gasteiger charge is 2.11. The molecule has 0 spiro atoms. The number of rotatable bonds is 8. The molecule has 0 aliphatic rings. The Morgan fingerprint density at radius 2 is 1.90 bits per heavy atom. The molecule has 0 saturated carbocycles. The number of thioether (sulfide) groups is 1. The fraction of sp³-hybridized carbons (Fsp3) is 0.533. The third-order valence-corrected chi connectivity index (χ3v) is 3.59. The van der Waals surface area contributed by atoms with Crippen LogP contribution >= 0.6 is 24.2 Å². The molecule has 20 heavy (non-hydrogen) atoms. The fourth-order valence-electron chi connectivity index (χ4n) is 1.67. The number of halogens is 1. The molecule has 0 bridgehead atoms. The number of amides is 1. The molecule has 1 rings (SSSR count). The number of nitrogens with one attached hydrogen (secondary N) is 2. The Bertz CT molecular complexity index is 399. The highest BCUT2D eigenvalue weighted by atomic mass is 35.5. The maximum atomic E-state index is 12.1. The predicted octanol–water partition coefficient (Wildman–Crippen LogP) is 3.34. The topological polar surface area (TPSA) is 41.1 Å². The van der Waals surface area contributed by atoms with Crippen LogP contribution in [0.15, 0.2) is 29.2 Å². The summed E-state index contributed by atoms with van der Waals surface area (Å²) in [6.45, 7) is 8.88. The second-order valence-corrected chi connectivity index (χ2v) is 6.29. The maximum absolute atomic E-state index is 12.1. The van der Waals surface area contributed by atoms with Crippen LogP contribution in [0.1, 0.15) is 37.6 Å². The Kier molecular flexibility index (Phi) is 10.6. The first-order valence-corrected chi connectivity index (χ1v) is 7.77. The number of hydrogen-bond donors (Lipinski definition) is 2. The van der Waals surface area contributed by atoms with E-state index in [4.69, 9.17) is 0 Å². The zero-order valence-electron chi connectivity index (χ0n) is 12.4. The average molecular weight is 317 g/mol. The van der Waals surface area contributed by atoms with Gasteiger partial charge in [0.25, 0.3) is 5.91 Å². The third kappa shape index (κ3) is 7.17. The number of benzene rings is 1. The monoisotopic (exact) mass is 316 g/mol. The van der Waals surface area contributed by atoms with Crippen molar-refractivity contribution in [1.82, 2.24) is 10.6 Å². The van der Waals surface area contributed by atoms with E-state index in [0.717, 1.165) is 30.0 Å². The lowest BCUT2D eigenvalue weighted by atomic mass is 10.2. The standard InChI is InChI=1S/C15H24N2OS.ClH/c1-4-9-16-10-11-17-15(18)13-7-5-6-8-14(13)19-12(2)3;/h5-8,12,16H,4,9-11H2,1-3H3,(H,17,18);1H. The minimum atomic E-state index is 0. The van der Waals surface area contributed by atoms with Gasteiger partial charge in [-0.2, -0.15) is 0 Å². The lowest BCUT2D eigenvalue weighted by Gasteiger charge is -2.11. The molecule has 1 aromatic rings. The minimum Gasteiger partial charge on any atom is -0.351 e. The molecule has 1 aromatic carbocycles. The van der Waals surface area contributed by atoms with E-state index in [2.05, 4.69) is 31.4 Å². The van der Waals surface area contributed by atoms with Crippen molar-refractivity contribution in [2.75, 3.05) is 19.6 Å². The first-order valence-electron chi connectivity index (χ1n) is 6.89. The van der Waals surface area contributed by atoms with Gasteiger partial charge in [0.05, 0.1) is 5.56 Å². The number of carbonyl (C=O) groups excluding carboxylic acids is 1. The van der Waals surface area contributed by atoms with E-state index < -0.39 is 0 Å². The molecule has 0 aromatic heterocycles. The van der Waals surface area contributed by atoms with Crippen molar-refractivity contribution in [3.05, 3.63) is 29.8 Å². The summed E-state index contributed by atoms with van der Waals surface area (Å²) in [6, 6.07) is 7.79. The average Bonchev–Trinajstić information content (AvgIpc) is 2.38. The van der Waals surface area contributed by atoms with E-state index in [1.54, 1.807) is 11.8 Å². The predicted molar refractivity (Wildman–Crippen MR) is 90.2 cm³/mol. The molecule has 0 fully saturated rings. The first kappa shape index (κ1) is 19.3. The van der Waals surface area contributed by atoms with Crippen LogP contribution in [-0.2, 0) is 0 Å². The molecule has 0 unspecified atom stereocenters. The molecule has 0 aliphatic carbocycles. The fourth-order valence-corrected chi connectivity index (χ4v) is 2.63. The largest absolute Gasteiger partial charge is 0.351 e.